The van der Waals surface area contributed by atoms with E-state index in [0.29, 0.717) is 6.04 Å². The van der Waals surface area contributed by atoms with Crippen LogP contribution in [0.2, 0.25) is 0 Å². The van der Waals surface area contributed by atoms with Gasteiger partial charge in [-0.3, -0.25) is 0 Å². The molecule has 0 saturated carbocycles. The summed E-state index contributed by atoms with van der Waals surface area (Å²) in [6.07, 6.45) is 0. The van der Waals surface area contributed by atoms with Crippen LogP contribution in [0.5, 0.6) is 0 Å². The average Bonchev–Trinajstić information content (AvgIpc) is 2.51. The van der Waals surface area contributed by atoms with Gasteiger partial charge in [-0.2, -0.15) is 0 Å². The van der Waals surface area contributed by atoms with Gasteiger partial charge >= 0.3 is 0 Å². The highest BCUT2D eigenvalue weighted by molar-refractivity contribution is 7.99. The molecule has 2 heterocycles. The zero-order valence-corrected chi connectivity index (χ0v) is 11.0. The number of hydrogen-bond acceptors (Lipinski definition) is 4. The third-order valence-electron chi connectivity index (χ3n) is 2.89. The van der Waals surface area contributed by atoms with E-state index < -0.39 is 0 Å². The first kappa shape index (κ1) is 11.7. The van der Waals surface area contributed by atoms with Gasteiger partial charge in [0.25, 0.3) is 0 Å². The standard InChI is InChI=1S/C12H19N3S/c1-9(2)15(3)11-5-4-10-8-13-6-7-16-12(10)14-11/h4-5,9,13H,6-8H2,1-3H3. The number of nitrogens with zero attached hydrogens (tertiary/aromatic N) is 2. The number of rotatable bonds is 2. The van der Waals surface area contributed by atoms with E-state index in [0.717, 1.165) is 24.7 Å². The van der Waals surface area contributed by atoms with E-state index in [2.05, 4.69) is 43.2 Å². The Kier molecular flexibility index (Phi) is 3.71. The predicted octanol–water partition coefficient (Wildman–Crippen LogP) is 2.12. The average molecular weight is 237 g/mol. The minimum atomic E-state index is 0.486. The Morgan fingerprint density at radius 3 is 3.00 bits per heavy atom. The number of thioether (sulfide) groups is 1. The molecular weight excluding hydrogens is 218 g/mol. The zero-order chi connectivity index (χ0) is 11.5. The number of aromatic nitrogens is 1. The van der Waals surface area contributed by atoms with E-state index in [4.69, 9.17) is 4.98 Å². The van der Waals surface area contributed by atoms with E-state index in [1.54, 1.807) is 0 Å². The molecule has 0 spiro atoms. The summed E-state index contributed by atoms with van der Waals surface area (Å²) in [6.45, 7) is 6.38. The monoisotopic (exact) mass is 237 g/mol. The highest BCUT2D eigenvalue weighted by Gasteiger charge is 2.12. The Balaban J connectivity index is 2.27. The molecule has 4 heteroatoms. The summed E-state index contributed by atoms with van der Waals surface area (Å²) in [5.41, 5.74) is 1.32. The molecule has 2 rings (SSSR count). The summed E-state index contributed by atoms with van der Waals surface area (Å²) in [6, 6.07) is 4.80. The highest BCUT2D eigenvalue weighted by Crippen LogP contribution is 2.25. The Bertz CT molecular complexity index is 365. The molecule has 88 valence electrons. The maximum atomic E-state index is 4.74. The summed E-state index contributed by atoms with van der Waals surface area (Å²) in [5.74, 6) is 2.18. The summed E-state index contributed by atoms with van der Waals surface area (Å²) < 4.78 is 0. The SMILES string of the molecule is CC(C)N(C)c1ccc2c(n1)SCCNC2. The number of nitrogens with one attached hydrogen (secondary N) is 1. The fourth-order valence-corrected chi connectivity index (χ4v) is 2.55. The van der Waals surface area contributed by atoms with Crippen LogP contribution in [-0.4, -0.2) is 30.4 Å². The molecule has 0 unspecified atom stereocenters. The van der Waals surface area contributed by atoms with Crippen LogP contribution < -0.4 is 10.2 Å². The van der Waals surface area contributed by atoms with E-state index in [-0.39, 0.29) is 0 Å². The van der Waals surface area contributed by atoms with Gasteiger partial charge in [0.1, 0.15) is 10.8 Å². The second-order valence-electron chi connectivity index (χ2n) is 4.36. The van der Waals surface area contributed by atoms with E-state index in [1.165, 1.54) is 10.6 Å². The number of fused-ring (bicyclic) bond motifs is 1. The molecule has 1 aromatic rings. The molecule has 1 aromatic heterocycles. The summed E-state index contributed by atoms with van der Waals surface area (Å²) >= 11 is 1.85. The van der Waals surface area contributed by atoms with Crippen LogP contribution in [0, 0.1) is 0 Å². The number of anilines is 1. The topological polar surface area (TPSA) is 28.2 Å². The van der Waals surface area contributed by atoms with E-state index in [9.17, 15) is 0 Å². The second-order valence-corrected chi connectivity index (χ2v) is 5.45. The molecule has 1 aliphatic rings. The van der Waals surface area contributed by atoms with Gasteiger partial charge in [0.05, 0.1) is 0 Å². The van der Waals surface area contributed by atoms with Crippen molar-refractivity contribution in [2.45, 2.75) is 31.5 Å². The van der Waals surface area contributed by atoms with Crippen LogP contribution in [0.1, 0.15) is 19.4 Å². The lowest BCUT2D eigenvalue weighted by Gasteiger charge is -2.23. The third kappa shape index (κ3) is 2.50. The minimum absolute atomic E-state index is 0.486. The molecule has 0 radical (unpaired) electrons. The van der Waals surface area contributed by atoms with Crippen molar-refractivity contribution < 1.29 is 0 Å². The lowest BCUT2D eigenvalue weighted by molar-refractivity contribution is 0.716. The summed E-state index contributed by atoms with van der Waals surface area (Å²) in [7, 11) is 2.10. The summed E-state index contributed by atoms with van der Waals surface area (Å²) in [5, 5.41) is 4.59. The molecule has 3 nitrogen and oxygen atoms in total. The molecule has 16 heavy (non-hydrogen) atoms. The molecule has 0 saturated heterocycles. The Morgan fingerprint density at radius 1 is 1.44 bits per heavy atom. The molecule has 0 aromatic carbocycles. The van der Waals surface area contributed by atoms with Gasteiger partial charge in [0, 0.05) is 31.9 Å². The van der Waals surface area contributed by atoms with Crippen molar-refractivity contribution in [2.75, 3.05) is 24.2 Å². The third-order valence-corrected chi connectivity index (χ3v) is 3.93. The van der Waals surface area contributed by atoms with Crippen molar-refractivity contribution >= 4 is 17.6 Å². The molecule has 1 aliphatic heterocycles. The number of hydrogen-bond donors (Lipinski definition) is 1. The lowest BCUT2D eigenvalue weighted by Crippen LogP contribution is -2.26. The van der Waals surface area contributed by atoms with Crippen molar-refractivity contribution in [3.63, 3.8) is 0 Å². The van der Waals surface area contributed by atoms with E-state index in [1.807, 2.05) is 11.8 Å². The van der Waals surface area contributed by atoms with Gasteiger partial charge in [-0.25, -0.2) is 4.98 Å². The van der Waals surface area contributed by atoms with Gasteiger partial charge < -0.3 is 10.2 Å². The molecule has 0 fully saturated rings. The lowest BCUT2D eigenvalue weighted by atomic mass is 10.2. The van der Waals surface area contributed by atoms with Crippen molar-refractivity contribution in [2.24, 2.45) is 0 Å². The molecular formula is C12H19N3S. The minimum Gasteiger partial charge on any atom is -0.357 e. The second kappa shape index (κ2) is 5.06. The van der Waals surface area contributed by atoms with Crippen LogP contribution in [0.4, 0.5) is 5.82 Å². The smallest absolute Gasteiger partial charge is 0.129 e. The van der Waals surface area contributed by atoms with Crippen LogP contribution in [0.3, 0.4) is 0 Å². The van der Waals surface area contributed by atoms with Gasteiger partial charge in [0.15, 0.2) is 0 Å². The maximum Gasteiger partial charge on any atom is 0.129 e. The van der Waals surface area contributed by atoms with Crippen LogP contribution >= 0.6 is 11.8 Å². The van der Waals surface area contributed by atoms with Crippen LogP contribution in [0.25, 0.3) is 0 Å². The fraction of sp³-hybridized carbons (Fsp3) is 0.583. The Hall–Kier alpha value is -0.740. The Morgan fingerprint density at radius 2 is 2.25 bits per heavy atom. The quantitative estimate of drug-likeness (QED) is 0.853. The first-order valence-electron chi connectivity index (χ1n) is 5.75. The van der Waals surface area contributed by atoms with Gasteiger partial charge in [0.2, 0.25) is 0 Å². The zero-order valence-electron chi connectivity index (χ0n) is 10.2. The maximum absolute atomic E-state index is 4.74. The van der Waals surface area contributed by atoms with Gasteiger partial charge in [-0.15, -0.1) is 11.8 Å². The van der Waals surface area contributed by atoms with Gasteiger partial charge in [-0.1, -0.05) is 6.07 Å². The molecule has 1 N–H and O–H groups in total. The molecule has 0 atom stereocenters. The normalized spacial score (nSPS) is 15.8. The predicted molar refractivity (Wildman–Crippen MR) is 70.2 cm³/mol. The summed E-state index contributed by atoms with van der Waals surface area (Å²) in [4.78, 5) is 6.95. The molecule has 0 aliphatic carbocycles. The van der Waals surface area contributed by atoms with Crippen LogP contribution in [-0.2, 0) is 6.54 Å². The van der Waals surface area contributed by atoms with Crippen molar-refractivity contribution in [3.8, 4) is 0 Å². The van der Waals surface area contributed by atoms with Crippen molar-refractivity contribution in [3.05, 3.63) is 17.7 Å². The van der Waals surface area contributed by atoms with Crippen LogP contribution in [0.15, 0.2) is 17.2 Å². The highest BCUT2D eigenvalue weighted by atomic mass is 32.2. The number of pyridine rings is 1. The first-order valence-corrected chi connectivity index (χ1v) is 6.73. The molecule has 0 amide bonds. The first-order chi connectivity index (χ1) is 7.68. The molecule has 0 bridgehead atoms. The fourth-order valence-electron chi connectivity index (χ4n) is 1.62. The van der Waals surface area contributed by atoms with Gasteiger partial charge in [-0.05, 0) is 25.5 Å². The van der Waals surface area contributed by atoms with E-state index >= 15 is 0 Å². The Labute approximate surface area is 102 Å². The van der Waals surface area contributed by atoms with Crippen molar-refractivity contribution in [1.29, 1.82) is 0 Å². The van der Waals surface area contributed by atoms with Crippen molar-refractivity contribution in [1.82, 2.24) is 10.3 Å². The largest absolute Gasteiger partial charge is 0.357 e.